The third kappa shape index (κ3) is 3.06. The van der Waals surface area contributed by atoms with E-state index in [9.17, 15) is 9.18 Å². The average Bonchev–Trinajstić information content (AvgIpc) is 3.09. The topological polar surface area (TPSA) is 89.9 Å². The van der Waals surface area contributed by atoms with E-state index < -0.39 is 5.82 Å². The van der Waals surface area contributed by atoms with Gasteiger partial charge < -0.3 is 10.6 Å². The van der Waals surface area contributed by atoms with Crippen LogP contribution in [-0.4, -0.2) is 37.6 Å². The molecule has 0 fully saturated rings. The number of pyridine rings is 2. The molecule has 0 unspecified atom stereocenters. The van der Waals surface area contributed by atoms with Gasteiger partial charge in [-0.3, -0.25) is 14.5 Å². The molecule has 0 aliphatic heterocycles. The molecule has 0 bridgehead atoms. The van der Waals surface area contributed by atoms with Gasteiger partial charge in [0.15, 0.2) is 0 Å². The third-order valence-electron chi connectivity index (χ3n) is 5.36. The van der Waals surface area contributed by atoms with Crippen LogP contribution in [0.15, 0.2) is 36.7 Å². The Kier molecular flexibility index (Phi) is 4.41. The summed E-state index contributed by atoms with van der Waals surface area (Å²) in [4.78, 5) is 23.4. The van der Waals surface area contributed by atoms with Crippen LogP contribution in [-0.2, 0) is 7.05 Å². The Morgan fingerprint density at radius 2 is 2.00 bits per heavy atom. The number of rotatable bonds is 3. The summed E-state index contributed by atoms with van der Waals surface area (Å²) >= 11 is 0. The molecule has 4 aromatic rings. The Bertz CT molecular complexity index is 1250. The summed E-state index contributed by atoms with van der Waals surface area (Å²) in [5.74, 6) is -0.158. The first-order chi connectivity index (χ1) is 13.8. The van der Waals surface area contributed by atoms with Gasteiger partial charge >= 0.3 is 0 Å². The molecule has 0 spiro atoms. The summed E-state index contributed by atoms with van der Waals surface area (Å²) in [6, 6.07) is 6.31. The number of halogens is 1. The van der Waals surface area contributed by atoms with Crippen molar-refractivity contribution in [3.05, 3.63) is 59.3 Å². The molecule has 7 nitrogen and oxygen atoms in total. The number of nitrogens with two attached hydrogens (primary N) is 1. The molecule has 0 radical (unpaired) electrons. The number of carbonyl (C=O) groups is 1. The van der Waals surface area contributed by atoms with Gasteiger partial charge in [0, 0.05) is 25.0 Å². The van der Waals surface area contributed by atoms with Gasteiger partial charge in [-0.05, 0) is 43.7 Å². The van der Waals surface area contributed by atoms with Gasteiger partial charge in [0.05, 0.1) is 40.5 Å². The SMILES string of the molecule is Cc1cc2nc(N)c3cnn(C)c3c2cc1C(=O)N(C)[C@@H](C)c1ccc(F)cn1. The van der Waals surface area contributed by atoms with Gasteiger partial charge in [-0.1, -0.05) is 0 Å². The van der Waals surface area contributed by atoms with E-state index in [1.54, 1.807) is 28.9 Å². The summed E-state index contributed by atoms with van der Waals surface area (Å²) < 4.78 is 14.9. The highest BCUT2D eigenvalue weighted by atomic mass is 19.1. The van der Waals surface area contributed by atoms with E-state index in [0.717, 1.165) is 28.0 Å². The molecule has 1 atom stereocenters. The minimum Gasteiger partial charge on any atom is -0.383 e. The van der Waals surface area contributed by atoms with E-state index in [0.29, 0.717) is 22.6 Å². The van der Waals surface area contributed by atoms with Crippen LogP contribution in [0.3, 0.4) is 0 Å². The highest BCUT2D eigenvalue weighted by Crippen LogP contribution is 2.30. The summed E-state index contributed by atoms with van der Waals surface area (Å²) in [6.07, 6.45) is 2.83. The van der Waals surface area contributed by atoms with Crippen LogP contribution in [0.4, 0.5) is 10.2 Å². The minimum absolute atomic E-state index is 0.157. The Labute approximate surface area is 167 Å². The van der Waals surface area contributed by atoms with Crippen LogP contribution in [0.25, 0.3) is 21.8 Å². The quantitative estimate of drug-likeness (QED) is 0.577. The van der Waals surface area contributed by atoms with E-state index in [-0.39, 0.29) is 11.9 Å². The van der Waals surface area contributed by atoms with Crippen molar-refractivity contribution in [2.24, 2.45) is 7.05 Å². The number of anilines is 1. The lowest BCUT2D eigenvalue weighted by Crippen LogP contribution is -2.30. The molecular formula is C21H21FN6O. The monoisotopic (exact) mass is 392 g/mol. The van der Waals surface area contributed by atoms with Gasteiger partial charge in [-0.2, -0.15) is 5.10 Å². The van der Waals surface area contributed by atoms with Crippen molar-refractivity contribution in [3.8, 4) is 0 Å². The highest BCUT2D eigenvalue weighted by molar-refractivity contribution is 6.10. The summed E-state index contributed by atoms with van der Waals surface area (Å²) in [7, 11) is 3.54. The number of aromatic nitrogens is 4. The van der Waals surface area contributed by atoms with Crippen LogP contribution in [0.1, 0.15) is 34.6 Å². The lowest BCUT2D eigenvalue weighted by Gasteiger charge is -2.25. The fraction of sp³-hybridized carbons (Fsp3) is 0.238. The molecule has 8 heteroatoms. The summed E-state index contributed by atoms with van der Waals surface area (Å²) in [6.45, 7) is 3.72. The number of hydrogen-bond acceptors (Lipinski definition) is 5. The molecule has 29 heavy (non-hydrogen) atoms. The number of aryl methyl sites for hydroxylation is 2. The van der Waals surface area contributed by atoms with Crippen molar-refractivity contribution in [1.29, 1.82) is 0 Å². The molecule has 1 amide bonds. The maximum absolute atomic E-state index is 13.3. The predicted molar refractivity (Wildman–Crippen MR) is 110 cm³/mol. The Hall–Kier alpha value is -3.55. The van der Waals surface area contributed by atoms with Gasteiger partial charge in [0.2, 0.25) is 0 Å². The molecule has 0 saturated heterocycles. The van der Waals surface area contributed by atoms with Crippen molar-refractivity contribution in [2.75, 3.05) is 12.8 Å². The molecule has 0 saturated carbocycles. The first-order valence-electron chi connectivity index (χ1n) is 9.18. The predicted octanol–water partition coefficient (Wildman–Crippen LogP) is 3.38. The standard InChI is InChI=1S/C21H21FN6O/c1-11-7-18-15(19-16(20(23)26-18)10-25-28(19)4)8-14(11)21(29)27(3)12(2)17-6-5-13(22)9-24-17/h5-10,12H,1-4H3,(H2,23,26)/t12-/m0/s1. The second-order valence-corrected chi connectivity index (χ2v) is 7.21. The van der Waals surface area contributed by atoms with Crippen LogP contribution in [0.5, 0.6) is 0 Å². The Balaban J connectivity index is 1.80. The third-order valence-corrected chi connectivity index (χ3v) is 5.36. The van der Waals surface area contributed by atoms with E-state index >= 15 is 0 Å². The zero-order chi connectivity index (χ0) is 20.9. The fourth-order valence-corrected chi connectivity index (χ4v) is 3.54. The molecule has 3 aromatic heterocycles. The average molecular weight is 392 g/mol. The zero-order valence-electron chi connectivity index (χ0n) is 16.6. The number of fused-ring (bicyclic) bond motifs is 3. The Morgan fingerprint density at radius 1 is 1.24 bits per heavy atom. The van der Waals surface area contributed by atoms with Crippen molar-refractivity contribution in [2.45, 2.75) is 19.9 Å². The van der Waals surface area contributed by atoms with Crippen molar-refractivity contribution in [1.82, 2.24) is 24.6 Å². The van der Waals surface area contributed by atoms with E-state index in [1.165, 1.54) is 6.07 Å². The van der Waals surface area contributed by atoms with Crippen LogP contribution in [0.2, 0.25) is 0 Å². The number of amides is 1. The molecular weight excluding hydrogens is 371 g/mol. The number of benzene rings is 1. The second kappa shape index (κ2) is 6.80. The second-order valence-electron chi connectivity index (χ2n) is 7.21. The van der Waals surface area contributed by atoms with E-state index in [1.807, 2.05) is 33.0 Å². The lowest BCUT2D eigenvalue weighted by atomic mass is 10.0. The molecule has 1 aromatic carbocycles. The summed E-state index contributed by atoms with van der Waals surface area (Å²) in [5.41, 5.74) is 9.58. The molecule has 148 valence electrons. The first kappa shape index (κ1) is 18.8. The van der Waals surface area contributed by atoms with E-state index in [4.69, 9.17) is 5.73 Å². The smallest absolute Gasteiger partial charge is 0.254 e. The van der Waals surface area contributed by atoms with Crippen molar-refractivity contribution >= 4 is 33.5 Å². The molecule has 3 heterocycles. The zero-order valence-corrected chi connectivity index (χ0v) is 16.6. The number of hydrogen-bond donors (Lipinski definition) is 1. The maximum atomic E-state index is 13.3. The van der Waals surface area contributed by atoms with Crippen LogP contribution in [0, 0.1) is 12.7 Å². The van der Waals surface area contributed by atoms with Gasteiger partial charge in [-0.25, -0.2) is 9.37 Å². The van der Waals surface area contributed by atoms with Crippen molar-refractivity contribution < 1.29 is 9.18 Å². The molecule has 4 rings (SSSR count). The molecule has 0 aliphatic carbocycles. The molecule has 2 N–H and O–H groups in total. The fourth-order valence-electron chi connectivity index (χ4n) is 3.54. The lowest BCUT2D eigenvalue weighted by molar-refractivity contribution is 0.0739. The van der Waals surface area contributed by atoms with Crippen molar-refractivity contribution in [3.63, 3.8) is 0 Å². The first-order valence-corrected chi connectivity index (χ1v) is 9.18. The van der Waals surface area contributed by atoms with E-state index in [2.05, 4.69) is 15.1 Å². The molecule has 0 aliphatic rings. The number of nitrogen functional groups attached to an aromatic ring is 1. The number of nitrogens with zero attached hydrogens (tertiary/aromatic N) is 5. The minimum atomic E-state index is -0.410. The van der Waals surface area contributed by atoms with Gasteiger partial charge in [0.1, 0.15) is 11.6 Å². The van der Waals surface area contributed by atoms with Crippen LogP contribution >= 0.6 is 0 Å². The largest absolute Gasteiger partial charge is 0.383 e. The normalized spacial score (nSPS) is 12.4. The van der Waals surface area contributed by atoms with Gasteiger partial charge in [0.25, 0.3) is 5.91 Å². The highest BCUT2D eigenvalue weighted by Gasteiger charge is 2.23. The summed E-state index contributed by atoms with van der Waals surface area (Å²) in [5, 5.41) is 5.84. The van der Waals surface area contributed by atoms with Gasteiger partial charge in [-0.15, -0.1) is 0 Å². The maximum Gasteiger partial charge on any atom is 0.254 e. The van der Waals surface area contributed by atoms with Crippen LogP contribution < -0.4 is 5.73 Å². The number of carbonyl (C=O) groups excluding carboxylic acids is 1. The Morgan fingerprint density at radius 3 is 2.69 bits per heavy atom.